The summed E-state index contributed by atoms with van der Waals surface area (Å²) in [7, 11) is 0. The highest BCUT2D eigenvalue weighted by Gasteiger charge is 2.20. The molecule has 3 nitrogen and oxygen atoms in total. The number of aldehydes is 1. The van der Waals surface area contributed by atoms with Crippen molar-refractivity contribution in [3.8, 4) is 0 Å². The van der Waals surface area contributed by atoms with Crippen LogP contribution in [0.2, 0.25) is 0 Å². The molecule has 0 heterocycles. The summed E-state index contributed by atoms with van der Waals surface area (Å²) in [5, 5.41) is 8.82. The maximum atomic E-state index is 10.8. The van der Waals surface area contributed by atoms with E-state index in [-0.39, 0.29) is 6.42 Å². The Labute approximate surface area is 76.8 Å². The lowest BCUT2D eigenvalue weighted by Crippen LogP contribution is -2.16. The SMILES string of the molecule is O=CCC(C(=O)O)C1=CCCC=C1. The van der Waals surface area contributed by atoms with Gasteiger partial charge in [0.1, 0.15) is 6.29 Å². The van der Waals surface area contributed by atoms with Crippen LogP contribution in [-0.4, -0.2) is 17.4 Å². The molecule has 3 heteroatoms. The lowest BCUT2D eigenvalue weighted by atomic mass is 9.92. The number of carbonyl (C=O) groups is 2. The van der Waals surface area contributed by atoms with Crippen LogP contribution >= 0.6 is 0 Å². The third-order valence-electron chi connectivity index (χ3n) is 2.06. The first-order valence-electron chi connectivity index (χ1n) is 4.28. The van der Waals surface area contributed by atoms with Crippen LogP contribution in [0.4, 0.5) is 0 Å². The van der Waals surface area contributed by atoms with Gasteiger partial charge in [-0.05, 0) is 18.4 Å². The second kappa shape index (κ2) is 4.60. The molecule has 0 saturated heterocycles. The van der Waals surface area contributed by atoms with Gasteiger partial charge in [0.15, 0.2) is 0 Å². The average Bonchev–Trinajstić information content (AvgIpc) is 2.15. The largest absolute Gasteiger partial charge is 0.481 e. The maximum absolute atomic E-state index is 10.8. The molecule has 0 fully saturated rings. The molecular formula is C10H12O3. The molecule has 1 rings (SSSR count). The Morgan fingerprint density at radius 2 is 2.38 bits per heavy atom. The predicted molar refractivity (Wildman–Crippen MR) is 48.3 cm³/mol. The van der Waals surface area contributed by atoms with Gasteiger partial charge in [0.2, 0.25) is 0 Å². The fourth-order valence-corrected chi connectivity index (χ4v) is 1.37. The summed E-state index contributed by atoms with van der Waals surface area (Å²) < 4.78 is 0. The zero-order valence-corrected chi connectivity index (χ0v) is 7.27. The van der Waals surface area contributed by atoms with Gasteiger partial charge < -0.3 is 9.90 Å². The first-order valence-corrected chi connectivity index (χ1v) is 4.28. The average molecular weight is 180 g/mol. The molecule has 0 amide bonds. The molecule has 1 N–H and O–H groups in total. The van der Waals surface area contributed by atoms with Crippen molar-refractivity contribution in [1.29, 1.82) is 0 Å². The molecule has 0 radical (unpaired) electrons. The maximum Gasteiger partial charge on any atom is 0.311 e. The Balaban J connectivity index is 2.74. The van der Waals surface area contributed by atoms with Gasteiger partial charge in [0, 0.05) is 6.42 Å². The molecule has 0 aromatic heterocycles. The minimum atomic E-state index is -0.926. The molecule has 0 aromatic carbocycles. The van der Waals surface area contributed by atoms with E-state index < -0.39 is 11.9 Å². The van der Waals surface area contributed by atoms with Crippen molar-refractivity contribution in [3.05, 3.63) is 23.8 Å². The van der Waals surface area contributed by atoms with Crippen LogP contribution in [0, 0.1) is 5.92 Å². The normalized spacial score (nSPS) is 17.7. The zero-order valence-electron chi connectivity index (χ0n) is 7.27. The van der Waals surface area contributed by atoms with E-state index in [0.29, 0.717) is 6.29 Å². The molecular weight excluding hydrogens is 168 g/mol. The third-order valence-corrected chi connectivity index (χ3v) is 2.06. The van der Waals surface area contributed by atoms with Crippen molar-refractivity contribution < 1.29 is 14.7 Å². The molecule has 0 aliphatic heterocycles. The van der Waals surface area contributed by atoms with E-state index in [1.54, 1.807) is 6.08 Å². The lowest BCUT2D eigenvalue weighted by molar-refractivity contribution is -0.141. The van der Waals surface area contributed by atoms with Gasteiger partial charge in [0.05, 0.1) is 5.92 Å². The topological polar surface area (TPSA) is 54.4 Å². The first kappa shape index (κ1) is 9.71. The number of rotatable bonds is 4. The van der Waals surface area contributed by atoms with E-state index in [0.717, 1.165) is 18.4 Å². The smallest absolute Gasteiger partial charge is 0.311 e. The van der Waals surface area contributed by atoms with Crippen LogP contribution in [0.15, 0.2) is 23.8 Å². The van der Waals surface area contributed by atoms with Crippen LogP contribution in [-0.2, 0) is 9.59 Å². The van der Waals surface area contributed by atoms with E-state index in [2.05, 4.69) is 0 Å². The Morgan fingerprint density at radius 1 is 1.62 bits per heavy atom. The van der Waals surface area contributed by atoms with E-state index in [4.69, 9.17) is 5.11 Å². The lowest BCUT2D eigenvalue weighted by Gasteiger charge is -2.12. The van der Waals surface area contributed by atoms with Crippen molar-refractivity contribution in [2.75, 3.05) is 0 Å². The summed E-state index contributed by atoms with van der Waals surface area (Å²) in [4.78, 5) is 21.0. The fraction of sp³-hybridized carbons (Fsp3) is 0.400. The molecule has 1 aliphatic rings. The number of carboxylic acids is 1. The van der Waals surface area contributed by atoms with E-state index >= 15 is 0 Å². The molecule has 1 unspecified atom stereocenters. The number of carboxylic acid groups (broad SMARTS) is 1. The van der Waals surface area contributed by atoms with E-state index in [9.17, 15) is 9.59 Å². The summed E-state index contributed by atoms with van der Waals surface area (Å²) in [5.41, 5.74) is 0.755. The molecule has 13 heavy (non-hydrogen) atoms. The highest BCUT2D eigenvalue weighted by atomic mass is 16.4. The fourth-order valence-electron chi connectivity index (χ4n) is 1.37. The van der Waals surface area contributed by atoms with Gasteiger partial charge in [-0.1, -0.05) is 18.2 Å². The number of hydrogen-bond donors (Lipinski definition) is 1. The Morgan fingerprint density at radius 3 is 2.85 bits per heavy atom. The number of carbonyl (C=O) groups excluding carboxylic acids is 1. The Kier molecular flexibility index (Phi) is 3.43. The molecule has 0 spiro atoms. The highest BCUT2D eigenvalue weighted by molar-refractivity contribution is 5.77. The van der Waals surface area contributed by atoms with Gasteiger partial charge in [-0.3, -0.25) is 4.79 Å². The highest BCUT2D eigenvalue weighted by Crippen LogP contribution is 2.20. The minimum Gasteiger partial charge on any atom is -0.481 e. The summed E-state index contributed by atoms with van der Waals surface area (Å²) in [5.74, 6) is -1.58. The first-order chi connectivity index (χ1) is 6.25. The summed E-state index contributed by atoms with van der Waals surface area (Å²) in [6, 6.07) is 0. The number of hydrogen-bond acceptors (Lipinski definition) is 2. The third kappa shape index (κ3) is 2.54. The van der Waals surface area contributed by atoms with E-state index in [1.807, 2.05) is 12.2 Å². The monoisotopic (exact) mass is 180 g/mol. The zero-order chi connectivity index (χ0) is 9.68. The van der Waals surface area contributed by atoms with Gasteiger partial charge in [-0.15, -0.1) is 0 Å². The predicted octanol–water partition coefficient (Wildman–Crippen LogP) is 1.55. The van der Waals surface area contributed by atoms with Crippen LogP contribution in [0.5, 0.6) is 0 Å². The quantitative estimate of drug-likeness (QED) is 0.668. The molecule has 0 saturated carbocycles. The van der Waals surface area contributed by atoms with Crippen molar-refractivity contribution in [2.24, 2.45) is 5.92 Å². The van der Waals surface area contributed by atoms with Crippen molar-refractivity contribution in [2.45, 2.75) is 19.3 Å². The second-order valence-corrected chi connectivity index (χ2v) is 2.98. The van der Waals surface area contributed by atoms with Crippen molar-refractivity contribution in [1.82, 2.24) is 0 Å². The molecule has 0 bridgehead atoms. The van der Waals surface area contributed by atoms with Crippen molar-refractivity contribution >= 4 is 12.3 Å². The molecule has 70 valence electrons. The molecule has 1 atom stereocenters. The summed E-state index contributed by atoms with van der Waals surface area (Å²) in [6.45, 7) is 0. The van der Waals surface area contributed by atoms with E-state index in [1.165, 1.54) is 0 Å². The van der Waals surface area contributed by atoms with Gasteiger partial charge in [0.25, 0.3) is 0 Å². The molecule has 1 aliphatic carbocycles. The van der Waals surface area contributed by atoms with Crippen LogP contribution in [0.25, 0.3) is 0 Å². The Hall–Kier alpha value is -1.38. The summed E-state index contributed by atoms with van der Waals surface area (Å²) >= 11 is 0. The Bertz CT molecular complexity index is 263. The van der Waals surface area contributed by atoms with Gasteiger partial charge in [-0.2, -0.15) is 0 Å². The second-order valence-electron chi connectivity index (χ2n) is 2.98. The van der Waals surface area contributed by atoms with Crippen LogP contribution < -0.4 is 0 Å². The molecule has 0 aromatic rings. The summed E-state index contributed by atoms with van der Waals surface area (Å²) in [6.07, 6.45) is 8.17. The van der Waals surface area contributed by atoms with Crippen LogP contribution in [0.1, 0.15) is 19.3 Å². The standard InChI is InChI=1S/C10H12O3/c11-7-6-9(10(12)13)8-4-2-1-3-5-8/h2,4-5,7,9H,1,3,6H2,(H,12,13). The van der Waals surface area contributed by atoms with Gasteiger partial charge in [-0.25, -0.2) is 0 Å². The number of aliphatic carboxylic acids is 1. The van der Waals surface area contributed by atoms with Crippen LogP contribution in [0.3, 0.4) is 0 Å². The number of allylic oxidation sites excluding steroid dienone is 3. The minimum absolute atomic E-state index is 0.0610. The van der Waals surface area contributed by atoms with Gasteiger partial charge >= 0.3 is 5.97 Å². The van der Waals surface area contributed by atoms with Crippen molar-refractivity contribution in [3.63, 3.8) is 0 Å².